The quantitative estimate of drug-likeness (QED) is 0.730. The Morgan fingerprint density at radius 3 is 2.44 bits per heavy atom. The molecular formula is C19H26N2O5S. The van der Waals surface area contributed by atoms with Gasteiger partial charge in [-0.2, -0.15) is 4.31 Å². The third-order valence-corrected chi connectivity index (χ3v) is 7.17. The molecule has 27 heavy (non-hydrogen) atoms. The lowest BCUT2D eigenvalue weighted by Crippen LogP contribution is -2.48. The van der Waals surface area contributed by atoms with E-state index in [0.717, 1.165) is 32.1 Å². The number of carbonyl (C=O) groups excluding carboxylic acids is 2. The molecular weight excluding hydrogens is 368 g/mol. The molecule has 0 N–H and O–H groups in total. The van der Waals surface area contributed by atoms with Crippen LogP contribution in [0.5, 0.6) is 0 Å². The van der Waals surface area contributed by atoms with E-state index >= 15 is 0 Å². The van der Waals surface area contributed by atoms with Gasteiger partial charge in [-0.05, 0) is 50.3 Å². The lowest BCUT2D eigenvalue weighted by molar-refractivity contribution is -0.147. The maximum Gasteiger partial charge on any atom is 0.328 e. The topological polar surface area (TPSA) is 84.0 Å². The molecule has 1 aromatic carbocycles. The van der Waals surface area contributed by atoms with E-state index in [1.165, 1.54) is 28.4 Å². The molecule has 0 aromatic heterocycles. The van der Waals surface area contributed by atoms with Crippen LogP contribution in [0.3, 0.4) is 0 Å². The van der Waals surface area contributed by atoms with Crippen LogP contribution in [0.15, 0.2) is 29.2 Å². The fraction of sp³-hybridized carbons (Fsp3) is 0.579. The summed E-state index contributed by atoms with van der Waals surface area (Å²) in [6, 6.07) is 5.52. The minimum absolute atomic E-state index is 0.127. The molecule has 3 rings (SSSR count). The largest absolute Gasteiger partial charge is 0.467 e. The molecule has 1 aromatic rings. The Hall–Kier alpha value is -1.93. The molecule has 0 radical (unpaired) electrons. The molecule has 0 unspecified atom stereocenters. The first-order valence-electron chi connectivity index (χ1n) is 9.44. The highest BCUT2D eigenvalue weighted by Gasteiger charge is 2.34. The summed E-state index contributed by atoms with van der Waals surface area (Å²) >= 11 is 0. The number of esters is 1. The average Bonchev–Trinajstić information content (AvgIpc) is 2.73. The molecule has 1 atom stereocenters. The van der Waals surface area contributed by atoms with Crippen molar-refractivity contribution in [1.82, 2.24) is 9.21 Å². The van der Waals surface area contributed by atoms with Crippen LogP contribution in [-0.2, 0) is 19.6 Å². The van der Waals surface area contributed by atoms with Crippen molar-refractivity contribution in [1.29, 1.82) is 0 Å². The number of piperidine rings is 2. The number of hydrogen-bond acceptors (Lipinski definition) is 5. The minimum Gasteiger partial charge on any atom is -0.467 e. The van der Waals surface area contributed by atoms with Crippen LogP contribution in [0.25, 0.3) is 0 Å². The van der Waals surface area contributed by atoms with Crippen LogP contribution >= 0.6 is 0 Å². The van der Waals surface area contributed by atoms with E-state index in [4.69, 9.17) is 4.74 Å². The number of benzene rings is 1. The van der Waals surface area contributed by atoms with Crippen LogP contribution in [0.1, 0.15) is 48.9 Å². The molecule has 0 saturated carbocycles. The van der Waals surface area contributed by atoms with E-state index < -0.39 is 22.0 Å². The van der Waals surface area contributed by atoms with Crippen LogP contribution in [-0.4, -0.2) is 62.3 Å². The number of methoxy groups -OCH3 is 1. The molecule has 2 aliphatic heterocycles. The van der Waals surface area contributed by atoms with Crippen LogP contribution in [0.4, 0.5) is 0 Å². The number of likely N-dealkylation sites (tertiary alicyclic amines) is 1. The maximum absolute atomic E-state index is 13.0. The Morgan fingerprint density at radius 2 is 1.74 bits per heavy atom. The zero-order valence-electron chi connectivity index (χ0n) is 15.6. The molecule has 2 fully saturated rings. The first-order valence-corrected chi connectivity index (χ1v) is 10.9. The second kappa shape index (κ2) is 8.39. The average molecular weight is 394 g/mol. The van der Waals surface area contributed by atoms with Gasteiger partial charge in [-0.1, -0.05) is 12.5 Å². The summed E-state index contributed by atoms with van der Waals surface area (Å²) in [4.78, 5) is 26.7. The maximum atomic E-state index is 13.0. The van der Waals surface area contributed by atoms with Gasteiger partial charge in [-0.3, -0.25) is 4.79 Å². The van der Waals surface area contributed by atoms with Crippen molar-refractivity contribution < 1.29 is 22.7 Å². The SMILES string of the molecule is COC(=O)[C@H]1CCCCN1C(=O)c1cccc(S(=O)(=O)N2CCCCC2)c1. The Bertz CT molecular complexity index is 802. The van der Waals surface area contributed by atoms with Gasteiger partial charge in [0.15, 0.2) is 0 Å². The third-order valence-electron chi connectivity index (χ3n) is 5.27. The van der Waals surface area contributed by atoms with Gasteiger partial charge >= 0.3 is 5.97 Å². The fourth-order valence-corrected chi connectivity index (χ4v) is 5.33. The zero-order chi connectivity index (χ0) is 19.4. The number of ether oxygens (including phenoxy) is 1. The van der Waals surface area contributed by atoms with Gasteiger partial charge in [0, 0.05) is 25.2 Å². The van der Waals surface area contributed by atoms with Crippen molar-refractivity contribution in [3.05, 3.63) is 29.8 Å². The van der Waals surface area contributed by atoms with Gasteiger partial charge in [-0.25, -0.2) is 13.2 Å². The molecule has 7 nitrogen and oxygen atoms in total. The molecule has 148 valence electrons. The summed E-state index contributed by atoms with van der Waals surface area (Å²) in [6.07, 6.45) is 4.97. The first-order chi connectivity index (χ1) is 12.9. The molecule has 0 bridgehead atoms. The highest BCUT2D eigenvalue weighted by Crippen LogP contribution is 2.24. The van der Waals surface area contributed by atoms with E-state index in [1.54, 1.807) is 12.1 Å². The predicted octanol–water partition coefficient (Wildman–Crippen LogP) is 2.03. The lowest BCUT2D eigenvalue weighted by atomic mass is 10.0. The highest BCUT2D eigenvalue weighted by molar-refractivity contribution is 7.89. The van der Waals surface area contributed by atoms with Gasteiger partial charge in [0.05, 0.1) is 12.0 Å². The van der Waals surface area contributed by atoms with Gasteiger partial charge in [0.2, 0.25) is 10.0 Å². The van der Waals surface area contributed by atoms with Crippen molar-refractivity contribution in [3.8, 4) is 0 Å². The number of amides is 1. The second-order valence-corrected chi connectivity index (χ2v) is 8.96. The number of rotatable bonds is 4. The van der Waals surface area contributed by atoms with E-state index in [1.807, 2.05) is 0 Å². The number of hydrogen-bond donors (Lipinski definition) is 0. The number of nitrogens with zero attached hydrogens (tertiary/aromatic N) is 2. The number of sulfonamides is 1. The predicted molar refractivity (Wildman–Crippen MR) is 99.7 cm³/mol. The minimum atomic E-state index is -3.61. The normalized spacial score (nSPS) is 21.7. The van der Waals surface area contributed by atoms with Gasteiger partial charge in [0.1, 0.15) is 6.04 Å². The fourth-order valence-electron chi connectivity index (χ4n) is 3.77. The van der Waals surface area contributed by atoms with Crippen LogP contribution in [0, 0.1) is 0 Å². The smallest absolute Gasteiger partial charge is 0.328 e. The van der Waals surface area contributed by atoms with Crippen molar-refractivity contribution in [2.24, 2.45) is 0 Å². The van der Waals surface area contributed by atoms with Crippen molar-refractivity contribution >= 4 is 21.9 Å². The standard InChI is InChI=1S/C19H26N2O5S/c1-26-19(23)17-10-3-6-13-21(17)18(22)15-8-7-9-16(14-15)27(24,25)20-11-4-2-5-12-20/h7-9,14,17H,2-6,10-13H2,1H3/t17-/m1/s1. The summed E-state index contributed by atoms with van der Waals surface area (Å²) in [6.45, 7) is 1.48. The third kappa shape index (κ3) is 4.16. The molecule has 2 saturated heterocycles. The lowest BCUT2D eigenvalue weighted by Gasteiger charge is -2.34. The molecule has 0 spiro atoms. The summed E-state index contributed by atoms with van der Waals surface area (Å²) in [7, 11) is -2.30. The zero-order valence-corrected chi connectivity index (χ0v) is 16.4. The van der Waals surface area contributed by atoms with Crippen molar-refractivity contribution in [3.63, 3.8) is 0 Å². The monoisotopic (exact) mass is 394 g/mol. The van der Waals surface area contributed by atoms with Gasteiger partial charge < -0.3 is 9.64 Å². The second-order valence-electron chi connectivity index (χ2n) is 7.03. The molecule has 2 aliphatic rings. The first kappa shape index (κ1) is 19.8. The van der Waals surface area contributed by atoms with Gasteiger partial charge in [-0.15, -0.1) is 0 Å². The van der Waals surface area contributed by atoms with E-state index in [-0.39, 0.29) is 16.4 Å². The van der Waals surface area contributed by atoms with Gasteiger partial charge in [0.25, 0.3) is 5.91 Å². The number of carbonyl (C=O) groups is 2. The molecule has 8 heteroatoms. The van der Waals surface area contributed by atoms with E-state index in [2.05, 4.69) is 0 Å². The van der Waals surface area contributed by atoms with Crippen molar-refractivity contribution in [2.75, 3.05) is 26.7 Å². The Morgan fingerprint density at radius 1 is 1.04 bits per heavy atom. The summed E-state index contributed by atoms with van der Waals surface area (Å²) in [5.74, 6) is -0.763. The Labute approximate surface area is 160 Å². The Balaban J connectivity index is 1.86. The summed E-state index contributed by atoms with van der Waals surface area (Å²) in [5, 5.41) is 0. The molecule has 1 amide bonds. The van der Waals surface area contributed by atoms with E-state index in [9.17, 15) is 18.0 Å². The van der Waals surface area contributed by atoms with Crippen LogP contribution in [0.2, 0.25) is 0 Å². The molecule has 2 heterocycles. The Kier molecular flexibility index (Phi) is 6.16. The van der Waals surface area contributed by atoms with Crippen molar-refractivity contribution in [2.45, 2.75) is 49.5 Å². The highest BCUT2D eigenvalue weighted by atomic mass is 32.2. The summed E-state index contributed by atoms with van der Waals surface area (Å²) < 4.78 is 32.1. The summed E-state index contributed by atoms with van der Waals surface area (Å²) in [5.41, 5.74) is 0.281. The van der Waals surface area contributed by atoms with E-state index in [0.29, 0.717) is 26.1 Å². The van der Waals surface area contributed by atoms with Crippen LogP contribution < -0.4 is 0 Å². The molecule has 0 aliphatic carbocycles.